The summed E-state index contributed by atoms with van der Waals surface area (Å²) in [5, 5.41) is 8.84. The Hall–Kier alpha value is -0.980. The first-order valence-electron chi connectivity index (χ1n) is 3.76. The van der Waals surface area contributed by atoms with Gasteiger partial charge in [0, 0.05) is 5.69 Å². The molecular weight excluding hydrogens is 233 g/mol. The maximum atomic E-state index is 12.0. The van der Waals surface area contributed by atoms with E-state index in [4.69, 9.17) is 10.9 Å². The molecule has 0 aliphatic carbocycles. The SMILES string of the molecule is Cl.NNc1ccc(C(O)C(F)(F)F)cc1. The van der Waals surface area contributed by atoms with E-state index in [1.54, 1.807) is 0 Å². The second kappa shape index (κ2) is 5.20. The van der Waals surface area contributed by atoms with Crippen molar-refractivity contribution in [2.45, 2.75) is 12.3 Å². The highest BCUT2D eigenvalue weighted by Crippen LogP contribution is 2.32. The van der Waals surface area contributed by atoms with Gasteiger partial charge >= 0.3 is 6.18 Å². The zero-order valence-corrected chi connectivity index (χ0v) is 8.27. The van der Waals surface area contributed by atoms with E-state index in [-0.39, 0.29) is 18.0 Å². The van der Waals surface area contributed by atoms with Crippen molar-refractivity contribution in [2.24, 2.45) is 5.84 Å². The van der Waals surface area contributed by atoms with Crippen molar-refractivity contribution in [3.63, 3.8) is 0 Å². The van der Waals surface area contributed by atoms with E-state index in [0.29, 0.717) is 5.69 Å². The summed E-state index contributed by atoms with van der Waals surface area (Å²) in [7, 11) is 0. The van der Waals surface area contributed by atoms with Crippen LogP contribution in [0.4, 0.5) is 18.9 Å². The van der Waals surface area contributed by atoms with Crippen LogP contribution in [0, 0.1) is 0 Å². The summed E-state index contributed by atoms with van der Waals surface area (Å²) < 4.78 is 36.1. The molecule has 1 unspecified atom stereocenters. The molecule has 1 aromatic rings. The fourth-order valence-electron chi connectivity index (χ4n) is 0.951. The molecule has 0 aromatic heterocycles. The monoisotopic (exact) mass is 242 g/mol. The van der Waals surface area contributed by atoms with Gasteiger partial charge in [-0.2, -0.15) is 13.2 Å². The molecule has 0 radical (unpaired) electrons. The van der Waals surface area contributed by atoms with Crippen LogP contribution in [-0.2, 0) is 0 Å². The first-order chi connectivity index (χ1) is 6.45. The number of halogens is 4. The summed E-state index contributed by atoms with van der Waals surface area (Å²) in [5.41, 5.74) is 2.53. The molecule has 0 saturated heterocycles. The number of anilines is 1. The molecule has 0 bridgehead atoms. The molecule has 0 heterocycles. The van der Waals surface area contributed by atoms with Gasteiger partial charge in [-0.3, -0.25) is 5.84 Å². The fourth-order valence-corrected chi connectivity index (χ4v) is 0.951. The Morgan fingerprint density at radius 3 is 2.00 bits per heavy atom. The van der Waals surface area contributed by atoms with Gasteiger partial charge in [0.05, 0.1) is 0 Å². The Balaban J connectivity index is 0.00000196. The molecule has 86 valence electrons. The van der Waals surface area contributed by atoms with Gasteiger partial charge < -0.3 is 10.5 Å². The van der Waals surface area contributed by atoms with Crippen LogP contribution in [0.1, 0.15) is 11.7 Å². The number of aliphatic hydroxyl groups excluding tert-OH is 1. The van der Waals surface area contributed by atoms with E-state index in [2.05, 4.69) is 5.43 Å². The summed E-state index contributed by atoms with van der Waals surface area (Å²) >= 11 is 0. The Labute approximate surface area is 90.5 Å². The number of rotatable bonds is 2. The third-order valence-electron chi connectivity index (χ3n) is 1.70. The second-order valence-corrected chi connectivity index (χ2v) is 2.71. The number of hydrazine groups is 1. The lowest BCUT2D eigenvalue weighted by atomic mass is 10.1. The highest BCUT2D eigenvalue weighted by Gasteiger charge is 2.39. The predicted octanol–water partition coefficient (Wildman–Crippen LogP) is 1.99. The Kier molecular flexibility index (Phi) is 4.86. The Morgan fingerprint density at radius 2 is 1.67 bits per heavy atom. The third-order valence-corrected chi connectivity index (χ3v) is 1.70. The highest BCUT2D eigenvalue weighted by molar-refractivity contribution is 5.85. The largest absolute Gasteiger partial charge is 0.418 e. The van der Waals surface area contributed by atoms with Crippen LogP contribution in [0.3, 0.4) is 0 Å². The summed E-state index contributed by atoms with van der Waals surface area (Å²) in [6.45, 7) is 0. The number of aliphatic hydroxyl groups is 1. The van der Waals surface area contributed by atoms with Crippen molar-refractivity contribution in [3.05, 3.63) is 29.8 Å². The van der Waals surface area contributed by atoms with E-state index in [1.165, 1.54) is 12.1 Å². The smallest absolute Gasteiger partial charge is 0.379 e. The summed E-state index contributed by atoms with van der Waals surface area (Å²) in [6, 6.07) is 5.02. The average Bonchev–Trinajstić information content (AvgIpc) is 2.15. The van der Waals surface area contributed by atoms with E-state index >= 15 is 0 Å². The third kappa shape index (κ3) is 3.58. The molecule has 4 N–H and O–H groups in total. The van der Waals surface area contributed by atoms with E-state index in [0.717, 1.165) is 12.1 Å². The molecule has 0 saturated carbocycles. The molecule has 0 aliphatic heterocycles. The van der Waals surface area contributed by atoms with Crippen LogP contribution in [0.2, 0.25) is 0 Å². The van der Waals surface area contributed by atoms with Crippen molar-refractivity contribution in [3.8, 4) is 0 Å². The summed E-state index contributed by atoms with van der Waals surface area (Å²) in [4.78, 5) is 0. The van der Waals surface area contributed by atoms with Crippen molar-refractivity contribution >= 4 is 18.1 Å². The molecule has 0 fully saturated rings. The maximum absolute atomic E-state index is 12.0. The minimum atomic E-state index is -4.64. The van der Waals surface area contributed by atoms with E-state index < -0.39 is 12.3 Å². The molecule has 7 heteroatoms. The topological polar surface area (TPSA) is 58.3 Å². The average molecular weight is 243 g/mol. The molecule has 0 amide bonds. The number of hydrogen-bond donors (Lipinski definition) is 3. The number of benzene rings is 1. The van der Waals surface area contributed by atoms with E-state index in [1.807, 2.05) is 0 Å². The Bertz CT molecular complexity index is 302. The first kappa shape index (κ1) is 14.0. The standard InChI is InChI=1S/C8H9F3N2O.ClH/c9-8(10,11)7(14)5-1-3-6(13-12)4-2-5;/h1-4,7,13-14H,12H2;1H. The van der Waals surface area contributed by atoms with E-state index in [9.17, 15) is 13.2 Å². The lowest BCUT2D eigenvalue weighted by molar-refractivity contribution is -0.206. The van der Waals surface area contributed by atoms with Gasteiger partial charge in [0.1, 0.15) is 0 Å². The molecule has 0 aliphatic rings. The Morgan fingerprint density at radius 1 is 1.20 bits per heavy atom. The number of nitrogen functional groups attached to an aromatic ring is 1. The van der Waals surface area contributed by atoms with Gasteiger partial charge in [-0.25, -0.2) is 0 Å². The van der Waals surface area contributed by atoms with Gasteiger partial charge in [0.15, 0.2) is 6.10 Å². The minimum Gasteiger partial charge on any atom is -0.379 e. The van der Waals surface area contributed by atoms with Gasteiger partial charge in [0.25, 0.3) is 0 Å². The van der Waals surface area contributed by atoms with Crippen LogP contribution in [0.25, 0.3) is 0 Å². The number of nitrogens with two attached hydrogens (primary N) is 1. The maximum Gasteiger partial charge on any atom is 0.418 e. The minimum absolute atomic E-state index is 0. The van der Waals surface area contributed by atoms with Crippen LogP contribution >= 0.6 is 12.4 Å². The van der Waals surface area contributed by atoms with Gasteiger partial charge in [-0.15, -0.1) is 12.4 Å². The van der Waals surface area contributed by atoms with Crippen LogP contribution in [-0.4, -0.2) is 11.3 Å². The molecular formula is C8H10ClF3N2O. The normalized spacial score (nSPS) is 12.9. The number of hydrogen-bond acceptors (Lipinski definition) is 3. The van der Waals surface area contributed by atoms with Gasteiger partial charge in [-0.1, -0.05) is 12.1 Å². The van der Waals surface area contributed by atoms with Crippen LogP contribution < -0.4 is 11.3 Å². The van der Waals surface area contributed by atoms with Crippen molar-refractivity contribution in [1.82, 2.24) is 0 Å². The second-order valence-electron chi connectivity index (χ2n) is 2.71. The molecule has 1 aromatic carbocycles. The van der Waals surface area contributed by atoms with Gasteiger partial charge in [-0.05, 0) is 17.7 Å². The number of nitrogens with one attached hydrogen (secondary N) is 1. The molecule has 15 heavy (non-hydrogen) atoms. The quantitative estimate of drug-likeness (QED) is 0.549. The molecule has 0 spiro atoms. The predicted molar refractivity (Wildman–Crippen MR) is 52.5 cm³/mol. The van der Waals surface area contributed by atoms with Gasteiger partial charge in [0.2, 0.25) is 0 Å². The van der Waals surface area contributed by atoms with Crippen molar-refractivity contribution in [1.29, 1.82) is 0 Å². The van der Waals surface area contributed by atoms with Crippen LogP contribution in [0.15, 0.2) is 24.3 Å². The highest BCUT2D eigenvalue weighted by atomic mass is 35.5. The molecule has 1 atom stereocenters. The lowest BCUT2D eigenvalue weighted by Crippen LogP contribution is -2.20. The zero-order valence-electron chi connectivity index (χ0n) is 7.45. The fraction of sp³-hybridized carbons (Fsp3) is 0.250. The van der Waals surface area contributed by atoms with Crippen LogP contribution in [0.5, 0.6) is 0 Å². The van der Waals surface area contributed by atoms with Crippen molar-refractivity contribution in [2.75, 3.05) is 5.43 Å². The number of alkyl halides is 3. The zero-order chi connectivity index (χ0) is 10.8. The molecule has 3 nitrogen and oxygen atoms in total. The summed E-state index contributed by atoms with van der Waals surface area (Å²) in [6.07, 6.45) is -7.09. The first-order valence-corrected chi connectivity index (χ1v) is 3.76. The summed E-state index contributed by atoms with van der Waals surface area (Å²) in [5.74, 6) is 5.03. The van der Waals surface area contributed by atoms with Crippen molar-refractivity contribution < 1.29 is 18.3 Å². The lowest BCUT2D eigenvalue weighted by Gasteiger charge is -2.14. The molecule has 1 rings (SSSR count).